The van der Waals surface area contributed by atoms with Crippen LogP contribution in [0.3, 0.4) is 0 Å². The molecular weight excluding hydrogens is 362 g/mol. The summed E-state index contributed by atoms with van der Waals surface area (Å²) < 4.78 is 0. The lowest BCUT2D eigenvalue weighted by Gasteiger charge is -2.51. The van der Waals surface area contributed by atoms with Gasteiger partial charge in [0.15, 0.2) is 0 Å². The smallest absolute Gasteiger partial charge is 0.319 e. The van der Waals surface area contributed by atoms with Crippen LogP contribution in [0.2, 0.25) is 0 Å². The molecule has 29 heavy (non-hydrogen) atoms. The Balaban J connectivity index is 1.23. The fourth-order valence-electron chi connectivity index (χ4n) is 5.30. The van der Waals surface area contributed by atoms with Crippen molar-refractivity contribution in [3.05, 3.63) is 29.8 Å². The van der Waals surface area contributed by atoms with Gasteiger partial charge in [0.2, 0.25) is 0 Å². The second-order valence-electron chi connectivity index (χ2n) is 9.20. The Kier molecular flexibility index (Phi) is 6.37. The van der Waals surface area contributed by atoms with Crippen molar-refractivity contribution in [1.82, 2.24) is 15.1 Å². The Morgan fingerprint density at radius 2 is 2.07 bits per heavy atom. The topological polar surface area (TPSA) is 71.4 Å². The molecule has 6 heteroatoms. The fraction of sp³-hybridized carbons (Fsp3) is 0.652. The van der Waals surface area contributed by atoms with Gasteiger partial charge in [-0.3, -0.25) is 4.90 Å². The first-order valence-corrected chi connectivity index (χ1v) is 11.1. The van der Waals surface area contributed by atoms with Gasteiger partial charge in [-0.15, -0.1) is 0 Å². The summed E-state index contributed by atoms with van der Waals surface area (Å²) in [6.07, 6.45) is 5.19. The van der Waals surface area contributed by atoms with Crippen LogP contribution in [0.5, 0.6) is 0 Å². The van der Waals surface area contributed by atoms with E-state index >= 15 is 0 Å². The first-order valence-electron chi connectivity index (χ1n) is 11.1. The molecule has 0 spiro atoms. The van der Waals surface area contributed by atoms with Crippen molar-refractivity contribution in [3.8, 4) is 6.07 Å². The molecule has 4 unspecified atom stereocenters. The number of nitrogens with zero attached hydrogens (tertiary/aromatic N) is 3. The van der Waals surface area contributed by atoms with E-state index in [4.69, 9.17) is 5.26 Å². The molecule has 156 valence electrons. The van der Waals surface area contributed by atoms with Gasteiger partial charge in [0, 0.05) is 31.4 Å². The SMILES string of the molecule is CC1CCN(CC2CN3CCC2CC3CNC(=O)Nc2cccc(C#N)c2)CC1. The predicted octanol–water partition coefficient (Wildman–Crippen LogP) is 3.12. The molecule has 1 aromatic rings. The number of nitrogens with one attached hydrogen (secondary N) is 2. The number of carbonyl (C=O) groups is 1. The van der Waals surface area contributed by atoms with E-state index < -0.39 is 0 Å². The van der Waals surface area contributed by atoms with E-state index in [0.717, 1.165) is 24.3 Å². The first-order chi connectivity index (χ1) is 14.1. The summed E-state index contributed by atoms with van der Waals surface area (Å²) in [6, 6.07) is 9.36. The molecule has 4 heterocycles. The van der Waals surface area contributed by atoms with E-state index in [2.05, 4.69) is 33.4 Å². The Labute approximate surface area is 174 Å². The summed E-state index contributed by atoms with van der Waals surface area (Å²) in [5, 5.41) is 14.9. The summed E-state index contributed by atoms with van der Waals surface area (Å²) in [6.45, 7) is 9.19. The van der Waals surface area contributed by atoms with Gasteiger partial charge in [0.05, 0.1) is 11.6 Å². The van der Waals surface area contributed by atoms with Crippen LogP contribution in [0.4, 0.5) is 10.5 Å². The van der Waals surface area contributed by atoms with E-state index in [-0.39, 0.29) is 6.03 Å². The molecule has 5 rings (SSSR count). The van der Waals surface area contributed by atoms with Gasteiger partial charge in [-0.25, -0.2) is 4.79 Å². The molecule has 2 N–H and O–H groups in total. The number of hydrogen-bond donors (Lipinski definition) is 2. The molecule has 4 atom stereocenters. The number of nitriles is 1. The highest BCUT2D eigenvalue weighted by Gasteiger charge is 2.40. The number of amides is 2. The van der Waals surface area contributed by atoms with Crippen LogP contribution in [0.15, 0.2) is 24.3 Å². The van der Waals surface area contributed by atoms with Crippen LogP contribution in [0, 0.1) is 29.1 Å². The van der Waals surface area contributed by atoms with E-state index in [9.17, 15) is 4.79 Å². The number of rotatable bonds is 5. The van der Waals surface area contributed by atoms with Gasteiger partial charge in [-0.2, -0.15) is 5.26 Å². The maximum absolute atomic E-state index is 12.3. The molecule has 1 aromatic carbocycles. The predicted molar refractivity (Wildman–Crippen MR) is 115 cm³/mol. The summed E-state index contributed by atoms with van der Waals surface area (Å²) in [5.74, 6) is 2.47. The summed E-state index contributed by atoms with van der Waals surface area (Å²) >= 11 is 0. The largest absolute Gasteiger partial charge is 0.336 e. The van der Waals surface area contributed by atoms with Crippen molar-refractivity contribution >= 4 is 11.7 Å². The van der Waals surface area contributed by atoms with Gasteiger partial charge in [0.1, 0.15) is 0 Å². The molecule has 0 saturated carbocycles. The Bertz CT molecular complexity index is 752. The van der Waals surface area contributed by atoms with Gasteiger partial charge < -0.3 is 15.5 Å². The highest BCUT2D eigenvalue weighted by molar-refractivity contribution is 5.89. The van der Waals surface area contributed by atoms with Crippen molar-refractivity contribution in [2.75, 3.05) is 44.6 Å². The van der Waals surface area contributed by atoms with Crippen molar-refractivity contribution < 1.29 is 4.79 Å². The van der Waals surface area contributed by atoms with Crippen LogP contribution in [-0.4, -0.2) is 61.1 Å². The second kappa shape index (κ2) is 9.15. The van der Waals surface area contributed by atoms with E-state index in [0.29, 0.717) is 23.8 Å². The molecular formula is C23H33N5O. The Morgan fingerprint density at radius 3 is 2.79 bits per heavy atom. The van der Waals surface area contributed by atoms with Crippen molar-refractivity contribution in [3.63, 3.8) is 0 Å². The monoisotopic (exact) mass is 395 g/mol. The minimum atomic E-state index is -0.193. The average molecular weight is 396 g/mol. The van der Waals surface area contributed by atoms with E-state index in [1.807, 2.05) is 0 Å². The van der Waals surface area contributed by atoms with Crippen LogP contribution in [0.1, 0.15) is 38.2 Å². The zero-order chi connectivity index (χ0) is 20.2. The van der Waals surface area contributed by atoms with Crippen LogP contribution in [-0.2, 0) is 0 Å². The highest BCUT2D eigenvalue weighted by Crippen LogP contribution is 2.37. The second-order valence-corrected chi connectivity index (χ2v) is 9.20. The van der Waals surface area contributed by atoms with Gasteiger partial charge in [-0.05, 0) is 81.3 Å². The lowest BCUT2D eigenvalue weighted by atomic mass is 9.75. The zero-order valence-electron chi connectivity index (χ0n) is 17.4. The third kappa shape index (κ3) is 5.09. The minimum absolute atomic E-state index is 0.193. The molecule has 6 nitrogen and oxygen atoms in total. The number of anilines is 1. The average Bonchev–Trinajstić information content (AvgIpc) is 2.75. The van der Waals surface area contributed by atoms with Crippen molar-refractivity contribution in [2.24, 2.45) is 17.8 Å². The normalized spacial score (nSPS) is 29.9. The molecule has 4 aliphatic rings. The van der Waals surface area contributed by atoms with Gasteiger partial charge in [-0.1, -0.05) is 13.0 Å². The number of urea groups is 1. The molecule has 2 amide bonds. The number of likely N-dealkylation sites (tertiary alicyclic amines) is 1. The van der Waals surface area contributed by atoms with Gasteiger partial charge in [0.25, 0.3) is 0 Å². The maximum atomic E-state index is 12.3. The Morgan fingerprint density at radius 1 is 1.24 bits per heavy atom. The van der Waals surface area contributed by atoms with Crippen LogP contribution >= 0.6 is 0 Å². The lowest BCUT2D eigenvalue weighted by Crippen LogP contribution is -2.58. The van der Waals surface area contributed by atoms with E-state index in [1.54, 1.807) is 24.3 Å². The number of fused-ring (bicyclic) bond motifs is 3. The highest BCUT2D eigenvalue weighted by atomic mass is 16.2. The fourth-order valence-corrected chi connectivity index (χ4v) is 5.30. The maximum Gasteiger partial charge on any atom is 0.319 e. The molecule has 4 saturated heterocycles. The van der Waals surface area contributed by atoms with Crippen molar-refractivity contribution in [2.45, 2.75) is 38.6 Å². The number of piperidine rings is 4. The third-order valence-electron chi connectivity index (χ3n) is 7.13. The minimum Gasteiger partial charge on any atom is -0.336 e. The molecule has 0 radical (unpaired) electrons. The summed E-state index contributed by atoms with van der Waals surface area (Å²) in [4.78, 5) is 17.6. The Hall–Kier alpha value is -2.10. The number of carbonyl (C=O) groups excluding carboxylic acids is 1. The molecule has 0 aromatic heterocycles. The standard InChI is InChI=1S/C23H33N5O/c1-17-5-8-27(9-6-17)15-20-16-28-10-7-19(20)12-22(28)14-25-23(29)26-21-4-2-3-18(11-21)13-24/h2-4,11,17,19-20,22H,5-10,12,14-16H2,1H3,(H2,25,26,29). The van der Waals surface area contributed by atoms with Crippen molar-refractivity contribution in [1.29, 1.82) is 5.26 Å². The van der Waals surface area contributed by atoms with E-state index in [1.165, 1.54) is 51.9 Å². The lowest BCUT2D eigenvalue weighted by molar-refractivity contribution is -0.0142. The number of benzene rings is 1. The molecule has 4 aliphatic heterocycles. The zero-order valence-corrected chi connectivity index (χ0v) is 17.4. The molecule has 0 aliphatic carbocycles. The first kappa shape index (κ1) is 20.2. The van der Waals surface area contributed by atoms with Gasteiger partial charge >= 0.3 is 6.03 Å². The molecule has 2 bridgehead atoms. The molecule has 4 fully saturated rings. The third-order valence-corrected chi connectivity index (χ3v) is 7.13. The summed E-state index contributed by atoms with van der Waals surface area (Å²) in [7, 11) is 0. The van der Waals surface area contributed by atoms with Crippen LogP contribution in [0.25, 0.3) is 0 Å². The quantitative estimate of drug-likeness (QED) is 0.804. The summed E-state index contributed by atoms with van der Waals surface area (Å²) in [5.41, 5.74) is 1.20. The van der Waals surface area contributed by atoms with Crippen LogP contribution < -0.4 is 10.6 Å². The number of hydrogen-bond acceptors (Lipinski definition) is 4.